The number of aromatic nitrogens is 1. The Hall–Kier alpha value is -2.30. The van der Waals surface area contributed by atoms with E-state index in [1.54, 1.807) is 7.11 Å². The molecule has 1 aliphatic rings. The van der Waals surface area contributed by atoms with E-state index < -0.39 is 0 Å². The summed E-state index contributed by atoms with van der Waals surface area (Å²) in [6.07, 6.45) is 4.50. The van der Waals surface area contributed by atoms with Crippen molar-refractivity contribution in [3.63, 3.8) is 0 Å². The molecule has 0 aliphatic heterocycles. The fraction of sp³-hybridized carbons (Fsp3) is 0.444. The number of nitrogens with zero attached hydrogens (tertiary/aromatic N) is 1. The van der Waals surface area contributed by atoms with Crippen molar-refractivity contribution in [2.75, 3.05) is 19.5 Å². The van der Waals surface area contributed by atoms with E-state index in [4.69, 9.17) is 9.47 Å². The van der Waals surface area contributed by atoms with E-state index in [1.807, 2.05) is 31.3 Å². The standard InChI is InChI=1S/C18H22N2O3/c1-11-10-19-17-14(5-4-6-15(17)22-2)16(11)20-13-8-7-12(9-13)18(21)23-3/h4-6,10,12-13H,7-9H2,1-3H3,(H,19,20)/t12-,13+/m0/s1. The summed E-state index contributed by atoms with van der Waals surface area (Å²) < 4.78 is 10.3. The first kappa shape index (κ1) is 15.6. The number of esters is 1. The van der Waals surface area contributed by atoms with Crippen LogP contribution in [0.5, 0.6) is 5.75 Å². The Labute approximate surface area is 136 Å². The highest BCUT2D eigenvalue weighted by molar-refractivity contribution is 5.96. The van der Waals surface area contributed by atoms with Gasteiger partial charge in [-0.1, -0.05) is 12.1 Å². The lowest BCUT2D eigenvalue weighted by atomic mass is 10.1. The lowest BCUT2D eigenvalue weighted by Crippen LogP contribution is -2.19. The molecule has 1 aromatic heterocycles. The summed E-state index contributed by atoms with van der Waals surface area (Å²) >= 11 is 0. The number of methoxy groups -OCH3 is 2. The molecule has 5 heteroatoms. The number of ether oxygens (including phenoxy) is 2. The van der Waals surface area contributed by atoms with Gasteiger partial charge in [-0.3, -0.25) is 9.78 Å². The van der Waals surface area contributed by atoms with Crippen LogP contribution in [0.3, 0.4) is 0 Å². The minimum absolute atomic E-state index is 0.000411. The third-order valence-electron chi connectivity index (χ3n) is 4.59. The first-order valence-electron chi connectivity index (χ1n) is 7.90. The fourth-order valence-corrected chi connectivity index (χ4v) is 3.35. The van der Waals surface area contributed by atoms with Crippen LogP contribution < -0.4 is 10.1 Å². The first-order chi connectivity index (χ1) is 11.1. The summed E-state index contributed by atoms with van der Waals surface area (Å²) in [4.78, 5) is 16.2. The largest absolute Gasteiger partial charge is 0.494 e. The third kappa shape index (κ3) is 2.96. The Morgan fingerprint density at radius 3 is 2.87 bits per heavy atom. The number of fused-ring (bicyclic) bond motifs is 1. The number of para-hydroxylation sites is 1. The van der Waals surface area contributed by atoms with Crippen molar-refractivity contribution < 1.29 is 14.3 Å². The molecule has 3 rings (SSSR count). The van der Waals surface area contributed by atoms with E-state index in [-0.39, 0.29) is 17.9 Å². The van der Waals surface area contributed by atoms with Crippen molar-refractivity contribution >= 4 is 22.6 Å². The van der Waals surface area contributed by atoms with Crippen LogP contribution in [0, 0.1) is 12.8 Å². The average molecular weight is 314 g/mol. The third-order valence-corrected chi connectivity index (χ3v) is 4.59. The van der Waals surface area contributed by atoms with Crippen molar-refractivity contribution in [3.8, 4) is 5.75 Å². The molecular formula is C18H22N2O3. The summed E-state index contributed by atoms with van der Waals surface area (Å²) in [5.74, 6) is 0.664. The van der Waals surface area contributed by atoms with E-state index in [0.717, 1.165) is 47.2 Å². The molecule has 0 unspecified atom stereocenters. The first-order valence-corrected chi connectivity index (χ1v) is 7.90. The molecule has 1 N–H and O–H groups in total. The van der Waals surface area contributed by atoms with Gasteiger partial charge in [-0.15, -0.1) is 0 Å². The maximum atomic E-state index is 11.7. The van der Waals surface area contributed by atoms with Gasteiger partial charge < -0.3 is 14.8 Å². The van der Waals surface area contributed by atoms with Gasteiger partial charge in [-0.05, 0) is 37.8 Å². The van der Waals surface area contributed by atoms with E-state index in [0.29, 0.717) is 0 Å². The Morgan fingerprint density at radius 1 is 1.30 bits per heavy atom. The summed E-state index contributed by atoms with van der Waals surface area (Å²) in [5.41, 5.74) is 3.02. The number of nitrogens with one attached hydrogen (secondary N) is 1. The number of carbonyl (C=O) groups is 1. The van der Waals surface area contributed by atoms with Gasteiger partial charge in [0.15, 0.2) is 0 Å². The molecule has 0 radical (unpaired) electrons. The monoisotopic (exact) mass is 314 g/mol. The zero-order valence-electron chi connectivity index (χ0n) is 13.8. The quantitative estimate of drug-likeness (QED) is 0.877. The van der Waals surface area contributed by atoms with Gasteiger partial charge in [-0.25, -0.2) is 0 Å². The molecule has 2 atom stereocenters. The lowest BCUT2D eigenvalue weighted by molar-refractivity contribution is -0.145. The second-order valence-electron chi connectivity index (χ2n) is 6.05. The second kappa shape index (κ2) is 6.44. The number of rotatable bonds is 4. The van der Waals surface area contributed by atoms with Crippen LogP contribution >= 0.6 is 0 Å². The number of carbonyl (C=O) groups excluding carboxylic acids is 1. The highest BCUT2D eigenvalue weighted by Gasteiger charge is 2.31. The molecule has 0 spiro atoms. The molecule has 2 aromatic rings. The maximum Gasteiger partial charge on any atom is 0.308 e. The van der Waals surface area contributed by atoms with Gasteiger partial charge in [0.2, 0.25) is 0 Å². The van der Waals surface area contributed by atoms with Crippen LogP contribution in [-0.2, 0) is 9.53 Å². The van der Waals surface area contributed by atoms with Gasteiger partial charge in [0.05, 0.1) is 20.1 Å². The molecule has 23 heavy (non-hydrogen) atoms. The molecule has 1 saturated carbocycles. The molecule has 0 saturated heterocycles. The smallest absolute Gasteiger partial charge is 0.308 e. The van der Waals surface area contributed by atoms with Crippen molar-refractivity contribution in [1.29, 1.82) is 0 Å². The lowest BCUT2D eigenvalue weighted by Gasteiger charge is -2.18. The molecular weight excluding hydrogens is 292 g/mol. The van der Waals surface area contributed by atoms with Crippen molar-refractivity contribution in [2.24, 2.45) is 5.92 Å². The van der Waals surface area contributed by atoms with Gasteiger partial charge in [-0.2, -0.15) is 0 Å². The Morgan fingerprint density at radius 2 is 2.13 bits per heavy atom. The molecule has 122 valence electrons. The minimum Gasteiger partial charge on any atom is -0.494 e. The molecule has 0 amide bonds. The number of aryl methyl sites for hydroxylation is 1. The van der Waals surface area contributed by atoms with Crippen molar-refractivity contribution in [3.05, 3.63) is 30.0 Å². The summed E-state index contributed by atoms with van der Waals surface area (Å²) in [7, 11) is 3.11. The summed E-state index contributed by atoms with van der Waals surface area (Å²) in [6, 6.07) is 6.21. The Bertz CT molecular complexity index is 730. The van der Waals surface area contributed by atoms with Crippen molar-refractivity contribution in [1.82, 2.24) is 4.98 Å². The fourth-order valence-electron chi connectivity index (χ4n) is 3.35. The minimum atomic E-state index is -0.104. The van der Waals surface area contributed by atoms with E-state index in [2.05, 4.69) is 10.3 Å². The SMILES string of the molecule is COC(=O)[C@H]1CC[C@@H](Nc2c(C)cnc3c(OC)cccc23)C1. The number of hydrogen-bond donors (Lipinski definition) is 1. The molecule has 1 fully saturated rings. The van der Waals surface area contributed by atoms with Crippen LogP contribution in [0.15, 0.2) is 24.4 Å². The molecule has 5 nitrogen and oxygen atoms in total. The van der Waals surface area contributed by atoms with Gasteiger partial charge in [0, 0.05) is 23.3 Å². The Kier molecular flexibility index (Phi) is 4.37. The van der Waals surface area contributed by atoms with Gasteiger partial charge >= 0.3 is 5.97 Å². The average Bonchev–Trinajstić information content (AvgIpc) is 3.04. The summed E-state index contributed by atoms with van der Waals surface area (Å²) in [6.45, 7) is 2.04. The predicted octanol–water partition coefficient (Wildman–Crippen LogP) is 3.31. The van der Waals surface area contributed by atoms with E-state index >= 15 is 0 Å². The molecule has 1 aromatic carbocycles. The Balaban J connectivity index is 1.89. The molecule has 1 aliphatic carbocycles. The van der Waals surface area contributed by atoms with Crippen LogP contribution in [0.4, 0.5) is 5.69 Å². The predicted molar refractivity (Wildman–Crippen MR) is 89.8 cm³/mol. The highest BCUT2D eigenvalue weighted by atomic mass is 16.5. The maximum absolute atomic E-state index is 11.7. The number of benzene rings is 1. The normalized spacial score (nSPS) is 20.5. The van der Waals surface area contributed by atoms with Crippen LogP contribution in [-0.4, -0.2) is 31.2 Å². The van der Waals surface area contributed by atoms with Crippen LogP contribution in [0.1, 0.15) is 24.8 Å². The molecule has 0 bridgehead atoms. The molecule has 1 heterocycles. The van der Waals surface area contributed by atoms with Gasteiger partial charge in [0.25, 0.3) is 0 Å². The van der Waals surface area contributed by atoms with E-state index in [1.165, 1.54) is 7.11 Å². The number of anilines is 1. The number of hydrogen-bond acceptors (Lipinski definition) is 5. The summed E-state index contributed by atoms with van der Waals surface area (Å²) in [5, 5.41) is 4.66. The zero-order chi connectivity index (χ0) is 16.4. The van der Waals surface area contributed by atoms with E-state index in [9.17, 15) is 4.79 Å². The topological polar surface area (TPSA) is 60.5 Å². The van der Waals surface area contributed by atoms with Crippen LogP contribution in [0.2, 0.25) is 0 Å². The van der Waals surface area contributed by atoms with Crippen molar-refractivity contribution in [2.45, 2.75) is 32.2 Å². The second-order valence-corrected chi connectivity index (χ2v) is 6.05. The zero-order valence-corrected chi connectivity index (χ0v) is 13.8. The number of pyridine rings is 1. The van der Waals surface area contributed by atoms with Gasteiger partial charge in [0.1, 0.15) is 11.3 Å². The highest BCUT2D eigenvalue weighted by Crippen LogP contribution is 2.35. The van der Waals surface area contributed by atoms with Crippen LogP contribution in [0.25, 0.3) is 10.9 Å².